The van der Waals surface area contributed by atoms with E-state index in [1.165, 1.54) is 43.9 Å². The SMILES string of the molecule is CCCCCCNC(=O)CSc1nnc(N2CCCC2)s1. The van der Waals surface area contributed by atoms with Crippen LogP contribution >= 0.6 is 23.1 Å². The van der Waals surface area contributed by atoms with E-state index in [0.717, 1.165) is 35.5 Å². The average molecular weight is 329 g/mol. The smallest absolute Gasteiger partial charge is 0.230 e. The highest BCUT2D eigenvalue weighted by molar-refractivity contribution is 8.01. The minimum absolute atomic E-state index is 0.0921. The number of unbranched alkanes of at least 4 members (excludes halogenated alkanes) is 3. The van der Waals surface area contributed by atoms with Gasteiger partial charge in [0.05, 0.1) is 5.75 Å². The van der Waals surface area contributed by atoms with Crippen molar-refractivity contribution in [3.05, 3.63) is 0 Å². The maximum Gasteiger partial charge on any atom is 0.230 e. The van der Waals surface area contributed by atoms with Gasteiger partial charge in [0, 0.05) is 19.6 Å². The number of carbonyl (C=O) groups excluding carboxylic acids is 1. The molecule has 1 aromatic rings. The first-order valence-corrected chi connectivity index (χ1v) is 9.57. The molecule has 1 aliphatic heterocycles. The Kier molecular flexibility index (Phi) is 7.29. The van der Waals surface area contributed by atoms with E-state index in [-0.39, 0.29) is 5.91 Å². The van der Waals surface area contributed by atoms with Crippen LogP contribution in [0.2, 0.25) is 0 Å². The summed E-state index contributed by atoms with van der Waals surface area (Å²) < 4.78 is 0.887. The van der Waals surface area contributed by atoms with Crippen molar-refractivity contribution in [2.24, 2.45) is 0 Å². The maximum atomic E-state index is 11.7. The summed E-state index contributed by atoms with van der Waals surface area (Å²) in [7, 11) is 0. The zero-order valence-corrected chi connectivity index (χ0v) is 14.3. The molecule has 0 atom stereocenters. The van der Waals surface area contributed by atoms with Crippen LogP contribution in [0, 0.1) is 0 Å². The van der Waals surface area contributed by atoms with Crippen molar-refractivity contribution in [1.29, 1.82) is 0 Å². The molecule has 0 aliphatic carbocycles. The van der Waals surface area contributed by atoms with Gasteiger partial charge in [-0.15, -0.1) is 10.2 Å². The van der Waals surface area contributed by atoms with Crippen LogP contribution in [0.3, 0.4) is 0 Å². The zero-order valence-electron chi connectivity index (χ0n) is 12.6. The molecule has 1 N–H and O–H groups in total. The van der Waals surface area contributed by atoms with Gasteiger partial charge >= 0.3 is 0 Å². The summed E-state index contributed by atoms with van der Waals surface area (Å²) in [5, 5.41) is 12.3. The standard InChI is InChI=1S/C14H24N4OS2/c1-2-3-4-5-8-15-12(19)11-20-14-17-16-13(21-14)18-9-6-7-10-18/h2-11H2,1H3,(H,15,19). The van der Waals surface area contributed by atoms with Crippen LogP contribution in [-0.2, 0) is 4.79 Å². The molecular weight excluding hydrogens is 304 g/mol. The van der Waals surface area contributed by atoms with E-state index in [1.807, 2.05) is 0 Å². The van der Waals surface area contributed by atoms with Crippen molar-refractivity contribution in [2.75, 3.05) is 30.3 Å². The fourth-order valence-corrected chi connectivity index (χ4v) is 3.98. The Morgan fingerprint density at radius 3 is 2.86 bits per heavy atom. The van der Waals surface area contributed by atoms with Crippen molar-refractivity contribution in [3.63, 3.8) is 0 Å². The number of thioether (sulfide) groups is 1. The minimum atomic E-state index is 0.0921. The van der Waals surface area contributed by atoms with Crippen LogP contribution in [0.4, 0.5) is 5.13 Å². The summed E-state index contributed by atoms with van der Waals surface area (Å²) in [5.74, 6) is 0.525. The van der Waals surface area contributed by atoms with Gasteiger partial charge in [0.1, 0.15) is 0 Å². The second-order valence-corrected chi connectivity index (χ2v) is 7.42. The van der Waals surface area contributed by atoms with Gasteiger partial charge in [0.2, 0.25) is 11.0 Å². The van der Waals surface area contributed by atoms with E-state index < -0.39 is 0 Å². The minimum Gasteiger partial charge on any atom is -0.355 e. The fourth-order valence-electron chi connectivity index (χ4n) is 2.25. The summed E-state index contributed by atoms with van der Waals surface area (Å²) >= 11 is 3.08. The lowest BCUT2D eigenvalue weighted by molar-refractivity contribution is -0.118. The van der Waals surface area contributed by atoms with Gasteiger partial charge in [0.15, 0.2) is 4.34 Å². The van der Waals surface area contributed by atoms with Crippen LogP contribution < -0.4 is 10.2 Å². The second-order valence-electron chi connectivity index (χ2n) is 5.24. The molecule has 2 heterocycles. The van der Waals surface area contributed by atoms with Crippen molar-refractivity contribution in [1.82, 2.24) is 15.5 Å². The van der Waals surface area contributed by atoms with E-state index in [0.29, 0.717) is 5.75 Å². The molecule has 5 nitrogen and oxygen atoms in total. The number of nitrogens with zero attached hydrogens (tertiary/aromatic N) is 3. The number of hydrogen-bond acceptors (Lipinski definition) is 6. The highest BCUT2D eigenvalue weighted by Gasteiger charge is 2.17. The molecule has 1 fully saturated rings. The number of hydrogen-bond donors (Lipinski definition) is 1. The topological polar surface area (TPSA) is 58.1 Å². The largest absolute Gasteiger partial charge is 0.355 e. The van der Waals surface area contributed by atoms with Crippen molar-refractivity contribution in [2.45, 2.75) is 49.8 Å². The second kappa shape index (κ2) is 9.25. The lowest BCUT2D eigenvalue weighted by Crippen LogP contribution is -2.26. The van der Waals surface area contributed by atoms with Gasteiger partial charge in [-0.1, -0.05) is 49.3 Å². The summed E-state index contributed by atoms with van der Waals surface area (Å²) in [4.78, 5) is 14.0. The van der Waals surface area contributed by atoms with E-state index in [4.69, 9.17) is 0 Å². The third-order valence-electron chi connectivity index (χ3n) is 3.45. The third-order valence-corrected chi connectivity index (χ3v) is 5.57. The van der Waals surface area contributed by atoms with E-state index in [2.05, 4.69) is 27.3 Å². The van der Waals surface area contributed by atoms with Crippen LogP contribution in [0.5, 0.6) is 0 Å². The molecule has 0 radical (unpaired) electrons. The van der Waals surface area contributed by atoms with Gasteiger partial charge in [-0.25, -0.2) is 0 Å². The van der Waals surface area contributed by atoms with Crippen LogP contribution in [0.15, 0.2) is 4.34 Å². The Balaban J connectivity index is 1.62. The number of nitrogens with one attached hydrogen (secondary N) is 1. The fraction of sp³-hybridized carbons (Fsp3) is 0.786. The molecule has 118 valence electrons. The predicted molar refractivity (Wildman–Crippen MR) is 89.2 cm³/mol. The molecule has 2 rings (SSSR count). The number of anilines is 1. The quantitative estimate of drug-likeness (QED) is 0.558. The first kappa shape index (κ1) is 16.5. The summed E-state index contributed by atoms with van der Waals surface area (Å²) in [6.45, 7) is 5.14. The van der Waals surface area contributed by atoms with Crippen LogP contribution in [0.25, 0.3) is 0 Å². The van der Waals surface area contributed by atoms with Crippen molar-refractivity contribution >= 4 is 34.1 Å². The number of carbonyl (C=O) groups is 1. The molecular formula is C14H24N4OS2. The molecule has 0 aromatic carbocycles. The summed E-state index contributed by atoms with van der Waals surface area (Å²) in [5.41, 5.74) is 0. The van der Waals surface area contributed by atoms with E-state index >= 15 is 0 Å². The molecule has 1 aromatic heterocycles. The van der Waals surface area contributed by atoms with Gasteiger partial charge in [-0.3, -0.25) is 4.79 Å². The van der Waals surface area contributed by atoms with Crippen molar-refractivity contribution < 1.29 is 4.79 Å². The van der Waals surface area contributed by atoms with Gasteiger partial charge < -0.3 is 10.2 Å². The number of rotatable bonds is 9. The molecule has 0 spiro atoms. The monoisotopic (exact) mass is 328 g/mol. The zero-order chi connectivity index (χ0) is 14.9. The third kappa shape index (κ3) is 5.82. The molecule has 1 saturated heterocycles. The lowest BCUT2D eigenvalue weighted by Gasteiger charge is -2.10. The Hall–Kier alpha value is -0.820. The normalized spacial score (nSPS) is 14.6. The average Bonchev–Trinajstić information content (AvgIpc) is 3.15. The van der Waals surface area contributed by atoms with Gasteiger partial charge in [-0.2, -0.15) is 0 Å². The predicted octanol–water partition coefficient (Wildman–Crippen LogP) is 2.93. The Bertz CT molecular complexity index is 432. The molecule has 1 aliphatic rings. The van der Waals surface area contributed by atoms with Crippen LogP contribution in [-0.4, -0.2) is 41.5 Å². The van der Waals surface area contributed by atoms with Crippen LogP contribution in [0.1, 0.15) is 45.4 Å². The molecule has 1 amide bonds. The highest BCUT2D eigenvalue weighted by Crippen LogP contribution is 2.29. The first-order chi connectivity index (χ1) is 10.3. The lowest BCUT2D eigenvalue weighted by atomic mass is 10.2. The Morgan fingerprint density at radius 1 is 1.29 bits per heavy atom. The van der Waals surface area contributed by atoms with E-state index in [1.54, 1.807) is 11.3 Å². The van der Waals surface area contributed by atoms with Crippen molar-refractivity contribution in [3.8, 4) is 0 Å². The molecule has 21 heavy (non-hydrogen) atoms. The van der Waals surface area contributed by atoms with Gasteiger partial charge in [0.25, 0.3) is 0 Å². The maximum absolute atomic E-state index is 11.7. The Labute approximate surface area is 134 Å². The first-order valence-electron chi connectivity index (χ1n) is 7.77. The number of amides is 1. The van der Waals surface area contributed by atoms with Gasteiger partial charge in [-0.05, 0) is 19.3 Å². The highest BCUT2D eigenvalue weighted by atomic mass is 32.2. The summed E-state index contributed by atoms with van der Waals surface area (Å²) in [6, 6.07) is 0. The Morgan fingerprint density at radius 2 is 2.10 bits per heavy atom. The molecule has 0 bridgehead atoms. The molecule has 0 saturated carbocycles. The number of aromatic nitrogens is 2. The molecule has 7 heteroatoms. The molecule has 0 unspecified atom stereocenters. The van der Waals surface area contributed by atoms with E-state index in [9.17, 15) is 4.79 Å². The summed E-state index contributed by atoms with van der Waals surface area (Å²) in [6.07, 6.45) is 7.21.